The zero-order valence-electron chi connectivity index (χ0n) is 9.96. The van der Waals surface area contributed by atoms with Crippen molar-refractivity contribution >= 4 is 27.5 Å². The zero-order chi connectivity index (χ0) is 12.7. The summed E-state index contributed by atoms with van der Waals surface area (Å²) < 4.78 is 17.0. The van der Waals surface area contributed by atoms with Crippen molar-refractivity contribution in [2.24, 2.45) is 0 Å². The summed E-state index contributed by atoms with van der Waals surface area (Å²) in [6.45, 7) is 5.23. The largest absolute Gasteiger partial charge is 0.490 e. The van der Waals surface area contributed by atoms with Crippen LogP contribution in [0.15, 0.2) is 16.6 Å². The van der Waals surface area contributed by atoms with Crippen LogP contribution in [0.4, 0.5) is 0 Å². The summed E-state index contributed by atoms with van der Waals surface area (Å²) in [7, 11) is 0. The molecular formula is C12H16BrClO3. The maximum atomic E-state index is 5.81. The SMILES string of the molecule is CCOCOc1c(Br)cc(CCl)cc1OCC. The standard InChI is InChI=1S/C12H16BrClO3/c1-3-15-8-17-12-10(13)5-9(7-14)6-11(12)16-4-2/h5-6H,3-4,7-8H2,1-2H3. The lowest BCUT2D eigenvalue weighted by Gasteiger charge is -2.14. The predicted molar refractivity (Wildman–Crippen MR) is 72.0 cm³/mol. The topological polar surface area (TPSA) is 27.7 Å². The number of hydrogen-bond donors (Lipinski definition) is 0. The second kappa shape index (κ2) is 7.80. The smallest absolute Gasteiger partial charge is 0.189 e. The molecule has 5 heteroatoms. The van der Waals surface area contributed by atoms with Gasteiger partial charge in [-0.3, -0.25) is 0 Å². The van der Waals surface area contributed by atoms with Gasteiger partial charge in [-0.1, -0.05) is 0 Å². The van der Waals surface area contributed by atoms with E-state index in [9.17, 15) is 0 Å². The van der Waals surface area contributed by atoms with Crippen LogP contribution >= 0.6 is 27.5 Å². The highest BCUT2D eigenvalue weighted by atomic mass is 79.9. The van der Waals surface area contributed by atoms with Crippen LogP contribution in [0.5, 0.6) is 11.5 Å². The molecule has 0 amide bonds. The molecule has 0 aliphatic heterocycles. The van der Waals surface area contributed by atoms with Crippen LogP contribution in [0.25, 0.3) is 0 Å². The molecule has 0 aliphatic rings. The predicted octanol–water partition coefficient (Wildman–Crippen LogP) is 3.96. The molecule has 0 heterocycles. The lowest BCUT2D eigenvalue weighted by atomic mass is 10.2. The van der Waals surface area contributed by atoms with Gasteiger partial charge in [-0.25, -0.2) is 0 Å². The van der Waals surface area contributed by atoms with Crippen molar-refractivity contribution in [2.75, 3.05) is 20.0 Å². The lowest BCUT2D eigenvalue weighted by Crippen LogP contribution is -2.05. The Morgan fingerprint density at radius 1 is 1.18 bits per heavy atom. The van der Waals surface area contributed by atoms with Gasteiger partial charge in [0.15, 0.2) is 18.3 Å². The molecule has 0 saturated carbocycles. The number of benzene rings is 1. The molecule has 0 aliphatic carbocycles. The van der Waals surface area contributed by atoms with Gasteiger partial charge in [-0.2, -0.15) is 0 Å². The van der Waals surface area contributed by atoms with Gasteiger partial charge < -0.3 is 14.2 Å². The maximum Gasteiger partial charge on any atom is 0.189 e. The highest BCUT2D eigenvalue weighted by molar-refractivity contribution is 9.10. The van der Waals surface area contributed by atoms with E-state index in [1.54, 1.807) is 0 Å². The Balaban J connectivity index is 2.90. The third-order valence-corrected chi connectivity index (χ3v) is 2.91. The van der Waals surface area contributed by atoms with Crippen molar-refractivity contribution in [3.8, 4) is 11.5 Å². The van der Waals surface area contributed by atoms with Crippen LogP contribution in [0, 0.1) is 0 Å². The van der Waals surface area contributed by atoms with E-state index in [1.165, 1.54) is 0 Å². The molecule has 1 rings (SSSR count). The molecule has 0 aromatic heterocycles. The summed E-state index contributed by atoms with van der Waals surface area (Å²) in [5.41, 5.74) is 0.978. The van der Waals surface area contributed by atoms with E-state index < -0.39 is 0 Å². The third-order valence-electron chi connectivity index (χ3n) is 2.01. The number of rotatable bonds is 7. The van der Waals surface area contributed by atoms with Gasteiger partial charge in [-0.05, 0) is 47.5 Å². The Bertz CT molecular complexity index is 358. The molecule has 0 atom stereocenters. The first kappa shape index (κ1) is 14.6. The molecule has 3 nitrogen and oxygen atoms in total. The number of halogens is 2. The van der Waals surface area contributed by atoms with Crippen LogP contribution in [0.3, 0.4) is 0 Å². The molecule has 0 spiro atoms. The first-order chi connectivity index (χ1) is 8.22. The van der Waals surface area contributed by atoms with Crippen LogP contribution in [0.2, 0.25) is 0 Å². The monoisotopic (exact) mass is 322 g/mol. The van der Waals surface area contributed by atoms with Crippen molar-refractivity contribution < 1.29 is 14.2 Å². The molecule has 0 bridgehead atoms. The highest BCUT2D eigenvalue weighted by Gasteiger charge is 2.11. The van der Waals surface area contributed by atoms with Gasteiger partial charge in [0.05, 0.1) is 11.1 Å². The zero-order valence-corrected chi connectivity index (χ0v) is 12.3. The second-order valence-corrected chi connectivity index (χ2v) is 4.35. The Kier molecular flexibility index (Phi) is 6.70. The Labute approximate surface area is 115 Å². The quantitative estimate of drug-likeness (QED) is 0.432. The third kappa shape index (κ3) is 4.37. The molecule has 0 fully saturated rings. The lowest BCUT2D eigenvalue weighted by molar-refractivity contribution is 0.0201. The van der Waals surface area contributed by atoms with Crippen molar-refractivity contribution in [2.45, 2.75) is 19.7 Å². The Morgan fingerprint density at radius 3 is 2.53 bits per heavy atom. The van der Waals surface area contributed by atoms with E-state index in [2.05, 4.69) is 15.9 Å². The summed E-state index contributed by atoms with van der Waals surface area (Å²) in [4.78, 5) is 0. The van der Waals surface area contributed by atoms with Gasteiger partial charge in [0.25, 0.3) is 0 Å². The molecule has 17 heavy (non-hydrogen) atoms. The van der Waals surface area contributed by atoms with Crippen molar-refractivity contribution in [1.82, 2.24) is 0 Å². The molecule has 1 aromatic carbocycles. The molecular weight excluding hydrogens is 307 g/mol. The molecule has 96 valence electrons. The fourth-order valence-electron chi connectivity index (χ4n) is 1.29. The Hall–Kier alpha value is -0.450. The van der Waals surface area contributed by atoms with Gasteiger partial charge in [-0.15, -0.1) is 11.6 Å². The van der Waals surface area contributed by atoms with Crippen LogP contribution in [-0.2, 0) is 10.6 Å². The van der Waals surface area contributed by atoms with E-state index in [-0.39, 0.29) is 6.79 Å². The molecule has 0 N–H and O–H groups in total. The van der Waals surface area contributed by atoms with E-state index in [1.807, 2.05) is 26.0 Å². The average molecular weight is 324 g/mol. The van der Waals surface area contributed by atoms with Crippen molar-refractivity contribution in [3.05, 3.63) is 22.2 Å². The van der Waals surface area contributed by atoms with Crippen LogP contribution in [0.1, 0.15) is 19.4 Å². The first-order valence-corrected chi connectivity index (χ1v) is 6.77. The summed E-state index contributed by atoms with van der Waals surface area (Å²) in [5, 5.41) is 0. The van der Waals surface area contributed by atoms with Crippen LogP contribution < -0.4 is 9.47 Å². The number of hydrogen-bond acceptors (Lipinski definition) is 3. The minimum atomic E-state index is 0.204. The summed E-state index contributed by atoms with van der Waals surface area (Å²) in [5.74, 6) is 1.76. The van der Waals surface area contributed by atoms with E-state index >= 15 is 0 Å². The highest BCUT2D eigenvalue weighted by Crippen LogP contribution is 2.37. The summed E-state index contributed by atoms with van der Waals surface area (Å²) in [6, 6.07) is 3.79. The number of alkyl halides is 1. The van der Waals surface area contributed by atoms with E-state index in [0.717, 1.165) is 10.0 Å². The first-order valence-electron chi connectivity index (χ1n) is 5.44. The molecule has 0 radical (unpaired) electrons. The van der Waals surface area contributed by atoms with E-state index in [0.29, 0.717) is 30.6 Å². The maximum absolute atomic E-state index is 5.81. The fourth-order valence-corrected chi connectivity index (χ4v) is 2.04. The fraction of sp³-hybridized carbons (Fsp3) is 0.500. The average Bonchev–Trinajstić information content (AvgIpc) is 2.32. The van der Waals surface area contributed by atoms with E-state index in [4.69, 9.17) is 25.8 Å². The summed E-state index contributed by atoms with van der Waals surface area (Å²) in [6.07, 6.45) is 0. The van der Waals surface area contributed by atoms with Crippen molar-refractivity contribution in [3.63, 3.8) is 0 Å². The van der Waals surface area contributed by atoms with Crippen LogP contribution in [-0.4, -0.2) is 20.0 Å². The Morgan fingerprint density at radius 2 is 1.94 bits per heavy atom. The normalized spacial score (nSPS) is 10.4. The molecule has 1 aromatic rings. The van der Waals surface area contributed by atoms with Gasteiger partial charge in [0, 0.05) is 12.5 Å². The molecule has 0 saturated heterocycles. The molecule has 0 unspecified atom stereocenters. The van der Waals surface area contributed by atoms with Gasteiger partial charge in [0.2, 0.25) is 0 Å². The van der Waals surface area contributed by atoms with Gasteiger partial charge >= 0.3 is 0 Å². The minimum absolute atomic E-state index is 0.204. The second-order valence-electron chi connectivity index (χ2n) is 3.23. The number of ether oxygens (including phenoxy) is 3. The van der Waals surface area contributed by atoms with Crippen molar-refractivity contribution in [1.29, 1.82) is 0 Å². The minimum Gasteiger partial charge on any atom is -0.490 e. The van der Waals surface area contributed by atoms with Gasteiger partial charge in [0.1, 0.15) is 0 Å². The summed E-state index contributed by atoms with van der Waals surface area (Å²) >= 11 is 9.25.